The highest BCUT2D eigenvalue weighted by molar-refractivity contribution is 5.77. The molecule has 6 heteroatoms. The van der Waals surface area contributed by atoms with Gasteiger partial charge in [-0.15, -0.1) is 0 Å². The van der Waals surface area contributed by atoms with Crippen LogP contribution >= 0.6 is 0 Å². The van der Waals surface area contributed by atoms with Crippen LogP contribution in [-0.2, 0) is 17.9 Å². The maximum atomic E-state index is 12.5. The van der Waals surface area contributed by atoms with Crippen LogP contribution in [0.4, 0.5) is 0 Å². The molecule has 0 N–H and O–H groups in total. The van der Waals surface area contributed by atoms with Crippen molar-refractivity contribution in [3.63, 3.8) is 0 Å². The van der Waals surface area contributed by atoms with Gasteiger partial charge in [0.15, 0.2) is 0 Å². The van der Waals surface area contributed by atoms with Crippen molar-refractivity contribution in [2.24, 2.45) is 0 Å². The van der Waals surface area contributed by atoms with E-state index in [1.54, 1.807) is 12.0 Å². The third-order valence-corrected chi connectivity index (χ3v) is 4.52. The number of carbonyl (C=O) groups is 1. The van der Waals surface area contributed by atoms with Crippen LogP contribution in [0.2, 0.25) is 0 Å². The van der Waals surface area contributed by atoms with Crippen LogP contribution in [0.5, 0.6) is 5.75 Å². The monoisotopic (exact) mass is 378 g/mol. The lowest BCUT2D eigenvalue weighted by Gasteiger charge is -2.21. The Bertz CT molecular complexity index is 890. The molecule has 1 heterocycles. The molecular formula is C22H26N4O2. The van der Waals surface area contributed by atoms with Crippen LogP contribution < -0.4 is 4.74 Å². The summed E-state index contributed by atoms with van der Waals surface area (Å²) in [6.07, 6.45) is 3.84. The molecule has 0 spiro atoms. The van der Waals surface area contributed by atoms with Gasteiger partial charge in [0.05, 0.1) is 25.5 Å². The van der Waals surface area contributed by atoms with Crippen LogP contribution in [0, 0.1) is 0 Å². The largest absolute Gasteiger partial charge is 0.497 e. The molecule has 3 aromatic rings. The first-order valence-corrected chi connectivity index (χ1v) is 9.19. The van der Waals surface area contributed by atoms with Crippen molar-refractivity contribution in [3.8, 4) is 11.4 Å². The van der Waals surface area contributed by atoms with Gasteiger partial charge in [0.25, 0.3) is 0 Å². The lowest BCUT2D eigenvalue weighted by Crippen LogP contribution is -2.36. The molecule has 0 bridgehead atoms. The van der Waals surface area contributed by atoms with E-state index in [1.807, 2.05) is 90.7 Å². The minimum atomic E-state index is 0.0776. The Kier molecular flexibility index (Phi) is 6.45. The number of benzene rings is 2. The van der Waals surface area contributed by atoms with Crippen LogP contribution in [-0.4, -0.2) is 53.2 Å². The minimum Gasteiger partial charge on any atom is -0.497 e. The van der Waals surface area contributed by atoms with E-state index in [9.17, 15) is 4.79 Å². The minimum absolute atomic E-state index is 0.0776. The molecule has 1 aromatic heterocycles. The second-order valence-corrected chi connectivity index (χ2v) is 6.90. The van der Waals surface area contributed by atoms with E-state index >= 15 is 0 Å². The number of methoxy groups -OCH3 is 1. The van der Waals surface area contributed by atoms with E-state index < -0.39 is 0 Å². The number of para-hydroxylation sites is 1. The second kappa shape index (κ2) is 9.19. The number of amides is 1. The highest BCUT2D eigenvalue weighted by Crippen LogP contribution is 2.13. The van der Waals surface area contributed by atoms with E-state index in [4.69, 9.17) is 4.74 Å². The second-order valence-electron chi connectivity index (χ2n) is 6.90. The van der Waals surface area contributed by atoms with Gasteiger partial charge >= 0.3 is 0 Å². The van der Waals surface area contributed by atoms with Gasteiger partial charge in [0, 0.05) is 31.9 Å². The molecule has 0 fully saturated rings. The molecular weight excluding hydrogens is 352 g/mol. The predicted molar refractivity (Wildman–Crippen MR) is 109 cm³/mol. The average Bonchev–Trinajstić information content (AvgIpc) is 3.17. The lowest BCUT2D eigenvalue weighted by molar-refractivity contribution is -0.131. The quantitative estimate of drug-likeness (QED) is 0.605. The van der Waals surface area contributed by atoms with Gasteiger partial charge in [-0.05, 0) is 36.9 Å². The predicted octanol–water partition coefficient (Wildman–Crippen LogP) is 2.97. The standard InChI is InChI=1S/C22H26N4O2/c1-24(14-19-13-23-26(16-19)20-7-5-4-6-8-20)17-22(27)25(2)15-18-9-11-21(28-3)12-10-18/h4-13,16H,14-15,17H2,1-3H3. The first-order chi connectivity index (χ1) is 13.5. The molecule has 0 unspecified atom stereocenters. The maximum absolute atomic E-state index is 12.5. The number of nitrogens with zero attached hydrogens (tertiary/aromatic N) is 4. The molecule has 0 atom stereocenters. The van der Waals surface area contributed by atoms with Crippen LogP contribution in [0.1, 0.15) is 11.1 Å². The Morgan fingerprint density at radius 2 is 1.71 bits per heavy atom. The molecule has 28 heavy (non-hydrogen) atoms. The van der Waals surface area contributed by atoms with Crippen molar-refractivity contribution < 1.29 is 9.53 Å². The third kappa shape index (κ3) is 5.20. The van der Waals surface area contributed by atoms with E-state index in [1.165, 1.54) is 0 Å². The number of aromatic nitrogens is 2. The van der Waals surface area contributed by atoms with Gasteiger partial charge < -0.3 is 9.64 Å². The summed E-state index contributed by atoms with van der Waals surface area (Å²) in [5, 5.41) is 4.41. The number of carbonyl (C=O) groups excluding carboxylic acids is 1. The molecule has 0 radical (unpaired) electrons. The normalized spacial score (nSPS) is 10.9. The van der Waals surface area contributed by atoms with Crippen molar-refractivity contribution in [1.29, 1.82) is 0 Å². The number of rotatable bonds is 8. The Labute approximate surface area is 166 Å². The van der Waals surface area contributed by atoms with Crippen molar-refractivity contribution in [3.05, 3.63) is 78.1 Å². The van der Waals surface area contributed by atoms with E-state index in [2.05, 4.69) is 5.10 Å². The highest BCUT2D eigenvalue weighted by atomic mass is 16.5. The summed E-state index contributed by atoms with van der Waals surface area (Å²) < 4.78 is 7.01. The lowest BCUT2D eigenvalue weighted by atomic mass is 10.2. The van der Waals surface area contributed by atoms with Gasteiger partial charge in [-0.2, -0.15) is 5.10 Å². The van der Waals surface area contributed by atoms with Crippen molar-refractivity contribution in [2.45, 2.75) is 13.1 Å². The number of hydrogen-bond donors (Lipinski definition) is 0. The molecule has 6 nitrogen and oxygen atoms in total. The molecule has 2 aromatic carbocycles. The summed E-state index contributed by atoms with van der Waals surface area (Å²) in [5.41, 5.74) is 3.16. The maximum Gasteiger partial charge on any atom is 0.236 e. The van der Waals surface area contributed by atoms with Crippen molar-refractivity contribution in [1.82, 2.24) is 19.6 Å². The SMILES string of the molecule is COc1ccc(CN(C)C(=O)CN(C)Cc2cnn(-c3ccccc3)c2)cc1. The fourth-order valence-electron chi connectivity index (χ4n) is 2.98. The molecule has 146 valence electrons. The summed E-state index contributed by atoms with van der Waals surface area (Å²) in [5.74, 6) is 0.891. The summed E-state index contributed by atoms with van der Waals surface area (Å²) in [6.45, 7) is 1.58. The van der Waals surface area contributed by atoms with E-state index in [0.717, 1.165) is 22.6 Å². The third-order valence-electron chi connectivity index (χ3n) is 4.52. The summed E-state index contributed by atoms with van der Waals surface area (Å²) >= 11 is 0. The smallest absolute Gasteiger partial charge is 0.236 e. The number of hydrogen-bond acceptors (Lipinski definition) is 4. The summed E-state index contributed by atoms with van der Waals surface area (Å²) in [7, 11) is 5.41. The van der Waals surface area contributed by atoms with Crippen LogP contribution in [0.25, 0.3) is 5.69 Å². The van der Waals surface area contributed by atoms with Gasteiger partial charge in [0.2, 0.25) is 5.91 Å². The molecule has 0 saturated carbocycles. The molecule has 3 rings (SSSR count). The Morgan fingerprint density at radius 3 is 2.39 bits per heavy atom. The van der Waals surface area contributed by atoms with Crippen LogP contribution in [0.15, 0.2) is 67.0 Å². The fourth-order valence-corrected chi connectivity index (χ4v) is 2.98. The molecule has 1 amide bonds. The zero-order valence-electron chi connectivity index (χ0n) is 16.6. The van der Waals surface area contributed by atoms with Gasteiger partial charge in [-0.3, -0.25) is 9.69 Å². The molecule has 0 aliphatic heterocycles. The molecule has 0 saturated heterocycles. The van der Waals surface area contributed by atoms with Crippen molar-refractivity contribution in [2.75, 3.05) is 27.7 Å². The molecule has 0 aliphatic carbocycles. The average molecular weight is 378 g/mol. The topological polar surface area (TPSA) is 50.6 Å². The van der Waals surface area contributed by atoms with E-state index in [0.29, 0.717) is 19.6 Å². The van der Waals surface area contributed by atoms with Crippen molar-refractivity contribution >= 4 is 5.91 Å². The van der Waals surface area contributed by atoms with Gasteiger partial charge in [0.1, 0.15) is 5.75 Å². The Balaban J connectivity index is 1.51. The number of likely N-dealkylation sites (N-methyl/N-ethyl adjacent to an activating group) is 2. The zero-order valence-corrected chi connectivity index (χ0v) is 16.6. The molecule has 0 aliphatic rings. The first-order valence-electron chi connectivity index (χ1n) is 9.19. The summed E-state index contributed by atoms with van der Waals surface area (Å²) in [6, 6.07) is 17.7. The zero-order chi connectivity index (χ0) is 19.9. The van der Waals surface area contributed by atoms with Crippen LogP contribution in [0.3, 0.4) is 0 Å². The van der Waals surface area contributed by atoms with Gasteiger partial charge in [-0.1, -0.05) is 30.3 Å². The fraction of sp³-hybridized carbons (Fsp3) is 0.273. The summed E-state index contributed by atoms with van der Waals surface area (Å²) in [4.78, 5) is 16.3. The Hall–Kier alpha value is -3.12. The van der Waals surface area contributed by atoms with Gasteiger partial charge in [-0.25, -0.2) is 4.68 Å². The first kappa shape index (κ1) is 19.6. The van der Waals surface area contributed by atoms with E-state index in [-0.39, 0.29) is 5.91 Å². The Morgan fingerprint density at radius 1 is 1.00 bits per heavy atom. The number of ether oxygens (including phenoxy) is 1. The highest BCUT2D eigenvalue weighted by Gasteiger charge is 2.13.